The highest BCUT2D eigenvalue weighted by Gasteiger charge is 2.10. The predicted octanol–water partition coefficient (Wildman–Crippen LogP) is 4.18. The van der Waals surface area contributed by atoms with Crippen LogP contribution in [0.3, 0.4) is 0 Å². The minimum Gasteiger partial charge on any atom is -0.455 e. The molecule has 132 valence electrons. The van der Waals surface area contributed by atoms with Crippen molar-refractivity contribution in [2.45, 2.75) is 20.3 Å². The van der Waals surface area contributed by atoms with Gasteiger partial charge in [0.2, 0.25) is 0 Å². The lowest BCUT2D eigenvalue weighted by atomic mass is 10.0. The summed E-state index contributed by atoms with van der Waals surface area (Å²) in [7, 11) is 0. The minimum absolute atomic E-state index is 0.157. The number of rotatable bonds is 5. The molecule has 0 unspecified atom stereocenters. The van der Waals surface area contributed by atoms with Crippen LogP contribution in [0.1, 0.15) is 16.7 Å². The van der Waals surface area contributed by atoms with Gasteiger partial charge >= 0.3 is 5.97 Å². The molecule has 0 heterocycles. The van der Waals surface area contributed by atoms with E-state index in [9.17, 15) is 9.59 Å². The van der Waals surface area contributed by atoms with E-state index in [-0.39, 0.29) is 18.9 Å². The van der Waals surface area contributed by atoms with Gasteiger partial charge in [-0.1, -0.05) is 48.5 Å². The third-order valence-electron chi connectivity index (χ3n) is 4.32. The van der Waals surface area contributed by atoms with Crippen LogP contribution in [0, 0.1) is 13.8 Å². The number of carbonyl (C=O) groups excluding carboxylic acids is 2. The highest BCUT2D eigenvalue weighted by atomic mass is 16.5. The second-order valence-corrected chi connectivity index (χ2v) is 6.37. The molecule has 4 heteroatoms. The Kier molecular flexibility index (Phi) is 5.32. The summed E-state index contributed by atoms with van der Waals surface area (Å²) in [6.45, 7) is 3.73. The van der Waals surface area contributed by atoms with Crippen molar-refractivity contribution in [3.05, 3.63) is 77.4 Å². The Morgan fingerprint density at radius 2 is 1.65 bits per heavy atom. The molecular weight excluding hydrogens is 326 g/mol. The zero-order chi connectivity index (χ0) is 18.5. The van der Waals surface area contributed by atoms with Crippen molar-refractivity contribution in [1.29, 1.82) is 0 Å². The molecule has 0 bridgehead atoms. The smallest absolute Gasteiger partial charge is 0.310 e. The molecule has 3 rings (SSSR count). The summed E-state index contributed by atoms with van der Waals surface area (Å²) < 4.78 is 5.09. The molecule has 0 fully saturated rings. The molecule has 4 nitrogen and oxygen atoms in total. The van der Waals surface area contributed by atoms with Gasteiger partial charge in [0.25, 0.3) is 5.91 Å². The molecular formula is C22H21NO3. The van der Waals surface area contributed by atoms with Gasteiger partial charge in [0.15, 0.2) is 6.61 Å². The Labute approximate surface area is 152 Å². The van der Waals surface area contributed by atoms with Crippen LogP contribution >= 0.6 is 0 Å². The summed E-state index contributed by atoms with van der Waals surface area (Å²) in [5, 5.41) is 4.89. The van der Waals surface area contributed by atoms with Gasteiger partial charge in [0, 0.05) is 5.69 Å². The quantitative estimate of drug-likeness (QED) is 0.705. The summed E-state index contributed by atoms with van der Waals surface area (Å²) in [5.41, 5.74) is 3.87. The van der Waals surface area contributed by atoms with E-state index in [1.807, 2.05) is 74.5 Å². The number of fused-ring (bicyclic) bond motifs is 1. The van der Waals surface area contributed by atoms with E-state index in [0.29, 0.717) is 5.69 Å². The SMILES string of the molecule is Cc1ccc(CC(=O)OCC(=O)Nc2ccc3ccccc3c2)cc1C. The number of aryl methyl sites for hydroxylation is 2. The molecule has 3 aromatic rings. The van der Waals surface area contributed by atoms with Gasteiger partial charge in [0.05, 0.1) is 6.42 Å². The van der Waals surface area contributed by atoms with E-state index >= 15 is 0 Å². The number of anilines is 1. The fourth-order valence-electron chi connectivity index (χ4n) is 2.74. The van der Waals surface area contributed by atoms with E-state index in [1.165, 1.54) is 5.56 Å². The zero-order valence-electron chi connectivity index (χ0n) is 14.9. The van der Waals surface area contributed by atoms with Crippen molar-refractivity contribution >= 4 is 28.3 Å². The summed E-state index contributed by atoms with van der Waals surface area (Å²) in [5.74, 6) is -0.768. The topological polar surface area (TPSA) is 55.4 Å². The maximum absolute atomic E-state index is 12.0. The molecule has 0 aliphatic rings. The molecule has 0 radical (unpaired) electrons. The third kappa shape index (κ3) is 4.48. The average Bonchev–Trinajstić information content (AvgIpc) is 2.63. The molecule has 0 aromatic heterocycles. The summed E-state index contributed by atoms with van der Waals surface area (Å²) in [6, 6.07) is 19.4. The van der Waals surface area contributed by atoms with Crippen LogP contribution in [-0.4, -0.2) is 18.5 Å². The van der Waals surface area contributed by atoms with E-state index in [2.05, 4.69) is 5.32 Å². The Morgan fingerprint density at radius 1 is 0.885 bits per heavy atom. The van der Waals surface area contributed by atoms with Gasteiger partial charge in [-0.15, -0.1) is 0 Å². The zero-order valence-corrected chi connectivity index (χ0v) is 14.9. The van der Waals surface area contributed by atoms with Crippen molar-refractivity contribution in [3.8, 4) is 0 Å². The summed E-state index contributed by atoms with van der Waals surface area (Å²) in [4.78, 5) is 24.0. The second kappa shape index (κ2) is 7.83. The van der Waals surface area contributed by atoms with Gasteiger partial charge in [-0.25, -0.2) is 0 Å². The van der Waals surface area contributed by atoms with Crippen molar-refractivity contribution < 1.29 is 14.3 Å². The Morgan fingerprint density at radius 3 is 2.42 bits per heavy atom. The maximum Gasteiger partial charge on any atom is 0.310 e. The second-order valence-electron chi connectivity index (χ2n) is 6.37. The molecule has 0 saturated heterocycles. The lowest BCUT2D eigenvalue weighted by molar-refractivity contribution is -0.146. The lowest BCUT2D eigenvalue weighted by Crippen LogP contribution is -2.21. The average molecular weight is 347 g/mol. The Hall–Kier alpha value is -3.14. The largest absolute Gasteiger partial charge is 0.455 e. The van der Waals surface area contributed by atoms with Crippen LogP contribution < -0.4 is 5.32 Å². The first kappa shape index (κ1) is 17.7. The molecule has 3 aromatic carbocycles. The van der Waals surface area contributed by atoms with Crippen molar-refractivity contribution in [2.75, 3.05) is 11.9 Å². The van der Waals surface area contributed by atoms with E-state index in [1.54, 1.807) is 0 Å². The number of nitrogens with one attached hydrogen (secondary N) is 1. The maximum atomic E-state index is 12.0. The molecule has 0 atom stereocenters. The molecule has 26 heavy (non-hydrogen) atoms. The Balaban J connectivity index is 1.52. The number of carbonyl (C=O) groups is 2. The molecule has 0 aliphatic heterocycles. The van der Waals surface area contributed by atoms with Crippen LogP contribution in [0.2, 0.25) is 0 Å². The molecule has 0 spiro atoms. The highest BCUT2D eigenvalue weighted by Crippen LogP contribution is 2.18. The van der Waals surface area contributed by atoms with Gasteiger partial charge < -0.3 is 10.1 Å². The minimum atomic E-state index is -0.415. The van der Waals surface area contributed by atoms with E-state index in [0.717, 1.165) is 21.9 Å². The molecule has 1 amide bonds. The normalized spacial score (nSPS) is 10.5. The van der Waals surface area contributed by atoms with Crippen LogP contribution in [-0.2, 0) is 20.7 Å². The van der Waals surface area contributed by atoms with Crippen molar-refractivity contribution in [2.24, 2.45) is 0 Å². The van der Waals surface area contributed by atoms with Crippen LogP contribution in [0.25, 0.3) is 10.8 Å². The number of amides is 1. The van der Waals surface area contributed by atoms with Gasteiger partial charge in [-0.05, 0) is 53.4 Å². The van der Waals surface area contributed by atoms with E-state index in [4.69, 9.17) is 4.74 Å². The third-order valence-corrected chi connectivity index (χ3v) is 4.32. The first-order valence-electron chi connectivity index (χ1n) is 8.52. The number of esters is 1. The number of benzene rings is 3. The fourth-order valence-corrected chi connectivity index (χ4v) is 2.74. The first-order valence-corrected chi connectivity index (χ1v) is 8.52. The molecule has 0 aliphatic carbocycles. The van der Waals surface area contributed by atoms with Crippen molar-refractivity contribution in [1.82, 2.24) is 0 Å². The fraction of sp³-hybridized carbons (Fsp3) is 0.182. The van der Waals surface area contributed by atoms with Crippen molar-refractivity contribution in [3.63, 3.8) is 0 Å². The number of hydrogen-bond donors (Lipinski definition) is 1. The molecule has 1 N–H and O–H groups in total. The number of ether oxygens (including phenoxy) is 1. The number of hydrogen-bond acceptors (Lipinski definition) is 3. The highest BCUT2D eigenvalue weighted by molar-refractivity contribution is 5.95. The van der Waals surface area contributed by atoms with Crippen LogP contribution in [0.4, 0.5) is 5.69 Å². The standard InChI is InChI=1S/C22H21NO3/c1-15-7-8-17(11-16(15)2)12-22(25)26-14-21(24)23-20-10-9-18-5-3-4-6-19(18)13-20/h3-11,13H,12,14H2,1-2H3,(H,23,24). The monoisotopic (exact) mass is 347 g/mol. The van der Waals surface area contributed by atoms with Crippen LogP contribution in [0.15, 0.2) is 60.7 Å². The lowest BCUT2D eigenvalue weighted by Gasteiger charge is -2.08. The summed E-state index contributed by atoms with van der Waals surface area (Å²) >= 11 is 0. The first-order chi connectivity index (χ1) is 12.5. The van der Waals surface area contributed by atoms with E-state index < -0.39 is 5.97 Å². The molecule has 0 saturated carbocycles. The van der Waals surface area contributed by atoms with Crippen LogP contribution in [0.5, 0.6) is 0 Å². The predicted molar refractivity (Wildman–Crippen MR) is 103 cm³/mol. The summed E-state index contributed by atoms with van der Waals surface area (Å²) in [6.07, 6.45) is 0.157. The Bertz CT molecular complexity index is 963. The van der Waals surface area contributed by atoms with Gasteiger partial charge in [-0.2, -0.15) is 0 Å². The van der Waals surface area contributed by atoms with Gasteiger partial charge in [-0.3, -0.25) is 9.59 Å². The van der Waals surface area contributed by atoms with Gasteiger partial charge in [0.1, 0.15) is 0 Å².